The number of amides is 1. The van der Waals surface area contributed by atoms with E-state index < -0.39 is 17.8 Å². The van der Waals surface area contributed by atoms with Gasteiger partial charge in [-0.05, 0) is 42.7 Å². The molecule has 1 amide bonds. The Morgan fingerprint density at radius 3 is 2.50 bits per heavy atom. The summed E-state index contributed by atoms with van der Waals surface area (Å²) in [5, 5.41) is 12.5. The van der Waals surface area contributed by atoms with E-state index in [4.69, 9.17) is 0 Å². The summed E-state index contributed by atoms with van der Waals surface area (Å²) in [7, 11) is 0. The minimum Gasteiger partial charge on any atom is -0.465 e. The Morgan fingerprint density at radius 2 is 2.00 bits per heavy atom. The largest absolute Gasteiger partial charge is 0.465 e. The van der Waals surface area contributed by atoms with Crippen LogP contribution in [0.15, 0.2) is 18.3 Å². The van der Waals surface area contributed by atoms with Crippen molar-refractivity contribution in [3.63, 3.8) is 0 Å². The highest BCUT2D eigenvalue weighted by Gasteiger charge is 2.33. The summed E-state index contributed by atoms with van der Waals surface area (Å²) in [6.45, 7) is 7.23. The van der Waals surface area contributed by atoms with Gasteiger partial charge in [0.1, 0.15) is 5.82 Å². The van der Waals surface area contributed by atoms with Gasteiger partial charge in [-0.3, -0.25) is 0 Å². The number of pyridine rings is 1. The van der Waals surface area contributed by atoms with Crippen LogP contribution in [0.5, 0.6) is 0 Å². The second kappa shape index (κ2) is 7.72. The SMILES string of the molecule is CC(C)(C)C[C@@H]1CC[C@@H](CNc2ccc(C(F)(F)F)cn2)N(C(=O)O)C1. The quantitative estimate of drug-likeness (QED) is 0.802. The van der Waals surface area contributed by atoms with Crippen LogP contribution in [-0.2, 0) is 6.18 Å². The van der Waals surface area contributed by atoms with Crippen LogP contribution in [-0.4, -0.2) is 40.2 Å². The number of piperidine rings is 1. The number of nitrogens with one attached hydrogen (secondary N) is 1. The molecule has 2 rings (SSSR count). The summed E-state index contributed by atoms with van der Waals surface area (Å²) in [4.78, 5) is 16.8. The molecule has 2 atom stereocenters. The normalized spacial score (nSPS) is 21.5. The Labute approximate surface area is 151 Å². The molecule has 0 bridgehead atoms. The van der Waals surface area contributed by atoms with E-state index in [1.807, 2.05) is 0 Å². The van der Waals surface area contributed by atoms with Gasteiger partial charge < -0.3 is 15.3 Å². The Bertz CT molecular complexity index is 612. The van der Waals surface area contributed by atoms with Gasteiger partial charge in [0.2, 0.25) is 0 Å². The Balaban J connectivity index is 1.95. The van der Waals surface area contributed by atoms with Crippen LogP contribution in [0.3, 0.4) is 0 Å². The van der Waals surface area contributed by atoms with E-state index in [9.17, 15) is 23.1 Å². The molecule has 26 heavy (non-hydrogen) atoms. The van der Waals surface area contributed by atoms with Crippen LogP contribution < -0.4 is 5.32 Å². The van der Waals surface area contributed by atoms with Crippen LogP contribution in [0.25, 0.3) is 0 Å². The van der Waals surface area contributed by atoms with Crippen LogP contribution in [0.4, 0.5) is 23.8 Å². The fourth-order valence-corrected chi connectivity index (χ4v) is 3.47. The number of carboxylic acid groups (broad SMARTS) is 1. The maximum Gasteiger partial charge on any atom is 0.417 e. The number of likely N-dealkylation sites (tertiary alicyclic amines) is 1. The molecule has 1 aromatic rings. The number of anilines is 1. The molecule has 0 aliphatic carbocycles. The summed E-state index contributed by atoms with van der Waals surface area (Å²) < 4.78 is 37.7. The highest BCUT2D eigenvalue weighted by atomic mass is 19.4. The number of alkyl halides is 3. The number of carbonyl (C=O) groups is 1. The van der Waals surface area contributed by atoms with Crippen LogP contribution in [0.1, 0.15) is 45.6 Å². The Kier molecular flexibility index (Phi) is 6.03. The fourth-order valence-electron chi connectivity index (χ4n) is 3.47. The van der Waals surface area contributed by atoms with Gasteiger partial charge in [-0.2, -0.15) is 13.2 Å². The first-order valence-corrected chi connectivity index (χ1v) is 8.72. The zero-order valence-corrected chi connectivity index (χ0v) is 15.3. The highest BCUT2D eigenvalue weighted by Crippen LogP contribution is 2.32. The first kappa shape index (κ1) is 20.3. The Morgan fingerprint density at radius 1 is 1.31 bits per heavy atom. The van der Waals surface area contributed by atoms with E-state index in [2.05, 4.69) is 31.1 Å². The van der Waals surface area contributed by atoms with Crippen molar-refractivity contribution in [1.82, 2.24) is 9.88 Å². The van der Waals surface area contributed by atoms with Gasteiger partial charge in [-0.25, -0.2) is 9.78 Å². The number of halogens is 3. The van der Waals surface area contributed by atoms with Gasteiger partial charge in [-0.1, -0.05) is 20.8 Å². The van der Waals surface area contributed by atoms with E-state index in [0.717, 1.165) is 31.5 Å². The number of hydrogen-bond acceptors (Lipinski definition) is 3. The molecule has 5 nitrogen and oxygen atoms in total. The van der Waals surface area contributed by atoms with E-state index in [1.165, 1.54) is 11.0 Å². The minimum atomic E-state index is -4.42. The van der Waals surface area contributed by atoms with E-state index >= 15 is 0 Å². The third-order valence-corrected chi connectivity index (χ3v) is 4.56. The molecule has 2 heterocycles. The van der Waals surface area contributed by atoms with Crippen molar-refractivity contribution in [2.24, 2.45) is 11.3 Å². The van der Waals surface area contributed by atoms with Crippen molar-refractivity contribution in [2.75, 3.05) is 18.4 Å². The maximum atomic E-state index is 12.6. The lowest BCUT2D eigenvalue weighted by Crippen LogP contribution is -2.49. The molecule has 0 spiro atoms. The summed E-state index contributed by atoms with van der Waals surface area (Å²) in [5.74, 6) is 0.631. The van der Waals surface area contributed by atoms with Gasteiger partial charge >= 0.3 is 12.3 Å². The minimum absolute atomic E-state index is 0.143. The fraction of sp³-hybridized carbons (Fsp3) is 0.667. The molecule has 8 heteroatoms. The maximum absolute atomic E-state index is 12.6. The predicted octanol–water partition coefficient (Wildman–Crippen LogP) is 4.71. The average Bonchev–Trinajstić information content (AvgIpc) is 2.51. The zero-order chi connectivity index (χ0) is 19.5. The van der Waals surface area contributed by atoms with Gasteiger partial charge in [0, 0.05) is 19.3 Å². The molecule has 1 aromatic heterocycles. The molecular formula is C18H26F3N3O2. The predicted molar refractivity (Wildman–Crippen MR) is 93.0 cm³/mol. The van der Waals surface area contributed by atoms with Crippen molar-refractivity contribution < 1.29 is 23.1 Å². The monoisotopic (exact) mass is 373 g/mol. The number of aromatic nitrogens is 1. The molecular weight excluding hydrogens is 347 g/mol. The number of nitrogens with zero attached hydrogens (tertiary/aromatic N) is 2. The molecule has 0 unspecified atom stereocenters. The lowest BCUT2D eigenvalue weighted by Gasteiger charge is -2.40. The van der Waals surface area contributed by atoms with Gasteiger partial charge in [0.25, 0.3) is 0 Å². The van der Waals surface area contributed by atoms with E-state index in [0.29, 0.717) is 24.8 Å². The van der Waals surface area contributed by atoms with E-state index in [1.54, 1.807) is 0 Å². The molecule has 1 fully saturated rings. The molecule has 0 aromatic carbocycles. The first-order chi connectivity index (χ1) is 12.0. The molecule has 146 valence electrons. The summed E-state index contributed by atoms with van der Waals surface area (Å²) in [5.41, 5.74) is -0.665. The molecule has 0 radical (unpaired) electrons. The molecule has 1 aliphatic heterocycles. The second-order valence-corrected chi connectivity index (χ2v) is 8.11. The summed E-state index contributed by atoms with van der Waals surface area (Å²) in [6.07, 6.45) is -1.99. The Hall–Kier alpha value is -1.99. The first-order valence-electron chi connectivity index (χ1n) is 8.72. The van der Waals surface area contributed by atoms with Crippen molar-refractivity contribution in [1.29, 1.82) is 0 Å². The van der Waals surface area contributed by atoms with Crippen molar-refractivity contribution in [3.05, 3.63) is 23.9 Å². The van der Waals surface area contributed by atoms with Crippen LogP contribution >= 0.6 is 0 Å². The van der Waals surface area contributed by atoms with Crippen molar-refractivity contribution in [2.45, 2.75) is 52.3 Å². The van der Waals surface area contributed by atoms with Gasteiger partial charge in [-0.15, -0.1) is 0 Å². The molecule has 2 N–H and O–H groups in total. The molecule has 1 saturated heterocycles. The van der Waals surface area contributed by atoms with Crippen LogP contribution in [0, 0.1) is 11.3 Å². The smallest absolute Gasteiger partial charge is 0.417 e. The van der Waals surface area contributed by atoms with Crippen molar-refractivity contribution in [3.8, 4) is 0 Å². The molecule has 1 aliphatic rings. The topological polar surface area (TPSA) is 65.5 Å². The lowest BCUT2D eigenvalue weighted by molar-refractivity contribution is -0.137. The lowest BCUT2D eigenvalue weighted by atomic mass is 9.80. The third-order valence-electron chi connectivity index (χ3n) is 4.56. The summed E-state index contributed by atoms with van der Waals surface area (Å²) >= 11 is 0. The highest BCUT2D eigenvalue weighted by molar-refractivity contribution is 5.65. The molecule has 0 saturated carbocycles. The summed E-state index contributed by atoms with van der Waals surface area (Å²) in [6, 6.07) is 2.01. The standard InChI is InChI=1S/C18H26F3N3O2/c1-17(2,3)8-12-4-6-14(24(11-12)16(25)26)10-23-15-7-5-13(9-22-15)18(19,20)21/h5,7,9,12,14H,4,6,8,10-11H2,1-3H3,(H,22,23)(H,25,26)/t12-,14-/m0/s1. The van der Waals surface area contributed by atoms with Gasteiger partial charge in [0.15, 0.2) is 0 Å². The second-order valence-electron chi connectivity index (χ2n) is 8.11. The third kappa shape index (κ3) is 5.78. The zero-order valence-electron chi connectivity index (χ0n) is 15.3. The van der Waals surface area contributed by atoms with Crippen LogP contribution in [0.2, 0.25) is 0 Å². The number of rotatable bonds is 4. The number of hydrogen-bond donors (Lipinski definition) is 2. The average molecular weight is 373 g/mol. The van der Waals surface area contributed by atoms with Gasteiger partial charge in [0.05, 0.1) is 11.6 Å². The van der Waals surface area contributed by atoms with E-state index in [-0.39, 0.29) is 11.5 Å². The van der Waals surface area contributed by atoms with Crippen molar-refractivity contribution >= 4 is 11.9 Å².